The van der Waals surface area contributed by atoms with Gasteiger partial charge in [-0.15, -0.1) is 0 Å². The molecule has 0 amide bonds. The number of aromatic nitrogens is 2. The van der Waals surface area contributed by atoms with Crippen molar-refractivity contribution in [2.75, 3.05) is 43.1 Å². The molecule has 0 bridgehead atoms. The van der Waals surface area contributed by atoms with E-state index in [0.29, 0.717) is 0 Å². The fraction of sp³-hybridized carbons (Fsp3) is 0.304. The summed E-state index contributed by atoms with van der Waals surface area (Å²) < 4.78 is 5.53. The Balaban J connectivity index is 1.38. The molecule has 1 N–H and O–H groups in total. The Morgan fingerprint density at radius 3 is 2.38 bits per heavy atom. The molecule has 4 rings (SSSR count). The van der Waals surface area contributed by atoms with Crippen LogP contribution in [0.5, 0.6) is 5.75 Å². The van der Waals surface area contributed by atoms with Gasteiger partial charge < -0.3 is 19.9 Å². The number of benzene rings is 1. The second-order valence-corrected chi connectivity index (χ2v) is 7.06. The quantitative estimate of drug-likeness (QED) is 0.670. The summed E-state index contributed by atoms with van der Waals surface area (Å²) in [7, 11) is 1.73. The second kappa shape index (κ2) is 9.39. The van der Waals surface area contributed by atoms with Crippen LogP contribution in [-0.2, 0) is 13.1 Å². The highest BCUT2D eigenvalue weighted by atomic mass is 16.5. The van der Waals surface area contributed by atoms with Crippen molar-refractivity contribution in [1.82, 2.24) is 15.3 Å². The second-order valence-electron chi connectivity index (χ2n) is 7.06. The van der Waals surface area contributed by atoms with E-state index in [9.17, 15) is 0 Å². The zero-order chi connectivity index (χ0) is 19.9. The summed E-state index contributed by atoms with van der Waals surface area (Å²) in [6, 6.07) is 18.4. The first-order valence-corrected chi connectivity index (χ1v) is 10.0. The van der Waals surface area contributed by atoms with Crippen LogP contribution in [0.1, 0.15) is 11.3 Å². The van der Waals surface area contributed by atoms with Crippen LogP contribution in [0.4, 0.5) is 11.5 Å². The maximum Gasteiger partial charge on any atom is 0.142 e. The molecule has 0 saturated carbocycles. The lowest BCUT2D eigenvalue weighted by molar-refractivity contribution is 0.413. The summed E-state index contributed by atoms with van der Waals surface area (Å²) in [4.78, 5) is 13.8. The highest BCUT2D eigenvalue weighted by Crippen LogP contribution is 2.29. The molecule has 1 aliphatic heterocycles. The van der Waals surface area contributed by atoms with Gasteiger partial charge >= 0.3 is 0 Å². The zero-order valence-corrected chi connectivity index (χ0v) is 16.8. The lowest BCUT2D eigenvalue weighted by atomic mass is 10.2. The molecule has 2 aromatic heterocycles. The third-order valence-corrected chi connectivity index (χ3v) is 5.22. The molecule has 0 aliphatic carbocycles. The normalized spacial score (nSPS) is 14.1. The predicted molar refractivity (Wildman–Crippen MR) is 116 cm³/mol. The molecule has 3 aromatic rings. The summed E-state index contributed by atoms with van der Waals surface area (Å²) in [5.74, 6) is 2.00. The van der Waals surface area contributed by atoms with Gasteiger partial charge in [0.1, 0.15) is 11.6 Å². The Labute approximate surface area is 172 Å². The third kappa shape index (κ3) is 4.66. The van der Waals surface area contributed by atoms with Crippen LogP contribution in [0.2, 0.25) is 0 Å². The van der Waals surface area contributed by atoms with E-state index in [-0.39, 0.29) is 0 Å². The highest BCUT2D eigenvalue weighted by Gasteiger charge is 2.21. The summed E-state index contributed by atoms with van der Waals surface area (Å²) in [5, 5.41) is 3.49. The van der Waals surface area contributed by atoms with Crippen molar-refractivity contribution in [2.24, 2.45) is 0 Å². The fourth-order valence-corrected chi connectivity index (χ4v) is 3.73. The molecule has 0 radical (unpaired) electrons. The minimum atomic E-state index is 0.747. The molecule has 6 nitrogen and oxygen atoms in total. The molecule has 150 valence electrons. The minimum Gasteiger partial charge on any atom is -0.495 e. The van der Waals surface area contributed by atoms with E-state index in [2.05, 4.69) is 43.3 Å². The van der Waals surface area contributed by atoms with E-state index < -0.39 is 0 Å². The van der Waals surface area contributed by atoms with Crippen LogP contribution in [0.15, 0.2) is 67.0 Å². The number of anilines is 2. The number of methoxy groups -OCH3 is 1. The smallest absolute Gasteiger partial charge is 0.142 e. The highest BCUT2D eigenvalue weighted by molar-refractivity contribution is 5.60. The molecule has 6 heteroatoms. The van der Waals surface area contributed by atoms with Crippen molar-refractivity contribution in [1.29, 1.82) is 0 Å². The summed E-state index contributed by atoms with van der Waals surface area (Å²) in [6.45, 7) is 5.27. The van der Waals surface area contributed by atoms with Crippen molar-refractivity contribution >= 4 is 11.5 Å². The monoisotopic (exact) mass is 389 g/mol. The van der Waals surface area contributed by atoms with Gasteiger partial charge in [0.2, 0.25) is 0 Å². The van der Waals surface area contributed by atoms with E-state index in [1.54, 1.807) is 7.11 Å². The van der Waals surface area contributed by atoms with Gasteiger partial charge in [-0.25, -0.2) is 4.98 Å². The molecule has 1 saturated heterocycles. The molecule has 1 aromatic carbocycles. The maximum atomic E-state index is 5.53. The Hall–Kier alpha value is -3.12. The van der Waals surface area contributed by atoms with Crippen LogP contribution < -0.4 is 19.9 Å². The SMILES string of the molecule is COc1ccccc1N1CCN(c2ncccc2CNCc2ccccn2)CC1. The molecule has 3 heterocycles. The number of hydrogen-bond donors (Lipinski definition) is 1. The van der Waals surface area contributed by atoms with E-state index in [4.69, 9.17) is 4.74 Å². The lowest BCUT2D eigenvalue weighted by Gasteiger charge is -2.37. The molecule has 0 unspecified atom stereocenters. The first-order chi connectivity index (χ1) is 14.3. The molecule has 29 heavy (non-hydrogen) atoms. The summed E-state index contributed by atoms with van der Waals surface area (Å²) in [5.41, 5.74) is 3.42. The van der Waals surface area contributed by atoms with Crippen molar-refractivity contribution < 1.29 is 4.74 Å². The van der Waals surface area contributed by atoms with E-state index in [1.165, 1.54) is 5.56 Å². The van der Waals surface area contributed by atoms with Crippen LogP contribution in [-0.4, -0.2) is 43.3 Å². The minimum absolute atomic E-state index is 0.747. The summed E-state index contributed by atoms with van der Waals surface area (Å²) in [6.07, 6.45) is 3.71. The number of nitrogens with zero attached hydrogens (tertiary/aromatic N) is 4. The molecule has 0 atom stereocenters. The molecule has 1 aliphatic rings. The fourth-order valence-electron chi connectivity index (χ4n) is 3.73. The number of hydrogen-bond acceptors (Lipinski definition) is 6. The van der Waals surface area contributed by atoms with Gasteiger partial charge in [0, 0.05) is 57.2 Å². The predicted octanol–water partition coefficient (Wildman–Crippen LogP) is 3.10. The first-order valence-electron chi connectivity index (χ1n) is 10.0. The largest absolute Gasteiger partial charge is 0.495 e. The van der Waals surface area contributed by atoms with Gasteiger partial charge in [-0.3, -0.25) is 4.98 Å². The average molecular weight is 390 g/mol. The Morgan fingerprint density at radius 1 is 0.828 bits per heavy atom. The van der Waals surface area contributed by atoms with Gasteiger partial charge in [-0.05, 0) is 30.3 Å². The number of nitrogens with one attached hydrogen (secondary N) is 1. The number of ether oxygens (including phenoxy) is 1. The number of rotatable bonds is 7. The lowest BCUT2D eigenvalue weighted by Crippen LogP contribution is -2.47. The number of para-hydroxylation sites is 2. The van der Waals surface area contributed by atoms with Crippen molar-refractivity contribution in [2.45, 2.75) is 13.1 Å². The molecular formula is C23H27N5O. The van der Waals surface area contributed by atoms with Gasteiger partial charge in [0.25, 0.3) is 0 Å². The maximum absolute atomic E-state index is 5.53. The Morgan fingerprint density at radius 2 is 1.59 bits per heavy atom. The van der Waals surface area contributed by atoms with Gasteiger partial charge in [-0.2, -0.15) is 0 Å². The van der Waals surface area contributed by atoms with Crippen molar-refractivity contribution in [3.8, 4) is 5.75 Å². The number of piperazine rings is 1. The van der Waals surface area contributed by atoms with Crippen LogP contribution in [0, 0.1) is 0 Å². The van der Waals surface area contributed by atoms with Gasteiger partial charge in [0.15, 0.2) is 0 Å². The summed E-state index contributed by atoms with van der Waals surface area (Å²) >= 11 is 0. The van der Waals surface area contributed by atoms with Crippen molar-refractivity contribution in [3.05, 3.63) is 78.2 Å². The van der Waals surface area contributed by atoms with Gasteiger partial charge in [-0.1, -0.05) is 24.3 Å². The zero-order valence-electron chi connectivity index (χ0n) is 16.8. The van der Waals surface area contributed by atoms with E-state index >= 15 is 0 Å². The standard InChI is InChI=1S/C23H27N5O/c1-29-22-10-3-2-9-21(22)27-13-15-28(16-14-27)23-19(7-6-12-26-23)17-24-18-20-8-4-5-11-25-20/h2-12,24H,13-18H2,1H3. The average Bonchev–Trinajstić information content (AvgIpc) is 2.80. The van der Waals surface area contributed by atoms with E-state index in [0.717, 1.165) is 62.2 Å². The van der Waals surface area contributed by atoms with Crippen molar-refractivity contribution in [3.63, 3.8) is 0 Å². The van der Waals surface area contributed by atoms with Crippen LogP contribution in [0.3, 0.4) is 0 Å². The Kier molecular flexibility index (Phi) is 6.22. The van der Waals surface area contributed by atoms with Gasteiger partial charge in [0.05, 0.1) is 18.5 Å². The Bertz CT molecular complexity index is 910. The third-order valence-electron chi connectivity index (χ3n) is 5.22. The number of pyridine rings is 2. The van der Waals surface area contributed by atoms with Crippen LogP contribution in [0.25, 0.3) is 0 Å². The topological polar surface area (TPSA) is 53.5 Å². The first kappa shape index (κ1) is 19.2. The molecule has 1 fully saturated rings. The van der Waals surface area contributed by atoms with E-state index in [1.807, 2.05) is 48.8 Å². The van der Waals surface area contributed by atoms with Crippen LogP contribution >= 0.6 is 0 Å². The molecule has 0 spiro atoms. The molecular weight excluding hydrogens is 362 g/mol.